The van der Waals surface area contributed by atoms with Crippen molar-refractivity contribution in [3.63, 3.8) is 0 Å². The lowest BCUT2D eigenvalue weighted by Crippen LogP contribution is -2.39. The van der Waals surface area contributed by atoms with Gasteiger partial charge in [-0.3, -0.25) is 5.41 Å². The molecule has 0 aromatic rings. The van der Waals surface area contributed by atoms with Crippen molar-refractivity contribution in [1.29, 1.82) is 5.41 Å². The summed E-state index contributed by atoms with van der Waals surface area (Å²) in [4.78, 5) is 9.60. The van der Waals surface area contributed by atoms with Gasteiger partial charge in [0.25, 0.3) is 5.96 Å². The van der Waals surface area contributed by atoms with Crippen LogP contribution in [0.5, 0.6) is 0 Å². The molecule has 0 spiro atoms. The largest absolute Gasteiger partial charge is 0.352 e. The Labute approximate surface area is 51.9 Å². The van der Waals surface area contributed by atoms with Crippen molar-refractivity contribution in [3.8, 4) is 0 Å². The van der Waals surface area contributed by atoms with Gasteiger partial charge in [0, 0.05) is 6.54 Å². The lowest BCUT2D eigenvalue weighted by atomic mass is 10.7. The molecule has 0 saturated heterocycles. The topological polar surface area (TPSA) is 91.1 Å². The molecule has 0 amide bonds. The molecule has 52 valence electrons. The van der Waals surface area contributed by atoms with Crippen LogP contribution >= 0.6 is 0 Å². The summed E-state index contributed by atoms with van der Waals surface area (Å²) < 4.78 is 0. The summed E-state index contributed by atoms with van der Waals surface area (Å²) in [7, 11) is 0. The summed E-state index contributed by atoms with van der Waals surface area (Å²) in [5.41, 5.74) is 1.64. The van der Waals surface area contributed by atoms with Crippen LogP contribution in [0.25, 0.3) is 0 Å². The SMILES string of the molecule is CCNC(=N)N[N+](=O)[O-]. The van der Waals surface area contributed by atoms with Crippen molar-refractivity contribution >= 4 is 5.96 Å². The lowest BCUT2D eigenvalue weighted by molar-refractivity contribution is -0.525. The molecule has 0 aromatic heterocycles. The number of nitrogens with one attached hydrogen (secondary N) is 3. The van der Waals surface area contributed by atoms with E-state index in [9.17, 15) is 10.1 Å². The van der Waals surface area contributed by atoms with Gasteiger partial charge in [0.05, 0.1) is 0 Å². The highest BCUT2D eigenvalue weighted by Crippen LogP contribution is 1.59. The van der Waals surface area contributed by atoms with E-state index >= 15 is 0 Å². The fraction of sp³-hybridized carbons (Fsp3) is 0.667. The first-order chi connectivity index (χ1) is 4.16. The van der Waals surface area contributed by atoms with Crippen LogP contribution in [0.3, 0.4) is 0 Å². The Balaban J connectivity index is 3.39. The Morgan fingerprint density at radius 3 is 2.78 bits per heavy atom. The van der Waals surface area contributed by atoms with Crippen LogP contribution in [0.2, 0.25) is 0 Å². The second-order valence-electron chi connectivity index (χ2n) is 1.27. The third kappa shape index (κ3) is 4.52. The van der Waals surface area contributed by atoms with E-state index in [4.69, 9.17) is 5.41 Å². The second-order valence-corrected chi connectivity index (χ2v) is 1.27. The summed E-state index contributed by atoms with van der Waals surface area (Å²) >= 11 is 0. The zero-order chi connectivity index (χ0) is 7.28. The van der Waals surface area contributed by atoms with Gasteiger partial charge >= 0.3 is 0 Å². The summed E-state index contributed by atoms with van der Waals surface area (Å²) in [6.07, 6.45) is 0. The molecule has 0 aliphatic carbocycles. The van der Waals surface area contributed by atoms with Gasteiger partial charge in [-0.2, -0.15) is 0 Å². The van der Waals surface area contributed by atoms with Gasteiger partial charge in [-0.1, -0.05) is 5.43 Å². The van der Waals surface area contributed by atoms with Crippen LogP contribution < -0.4 is 10.7 Å². The van der Waals surface area contributed by atoms with Crippen LogP contribution in [0.1, 0.15) is 6.92 Å². The van der Waals surface area contributed by atoms with E-state index in [1.54, 1.807) is 12.3 Å². The number of hydrazine groups is 1. The zero-order valence-corrected chi connectivity index (χ0v) is 4.97. The number of nitro groups is 1. The molecule has 0 aliphatic heterocycles. The van der Waals surface area contributed by atoms with Gasteiger partial charge in [0.1, 0.15) is 0 Å². The summed E-state index contributed by atoms with van der Waals surface area (Å²) in [5.74, 6) is -0.289. The van der Waals surface area contributed by atoms with Crippen molar-refractivity contribution in [2.24, 2.45) is 0 Å². The van der Waals surface area contributed by atoms with Crippen LogP contribution in [0, 0.1) is 15.5 Å². The summed E-state index contributed by atoms with van der Waals surface area (Å²) in [5, 5.41) is 18.0. The monoisotopic (exact) mass is 132 g/mol. The van der Waals surface area contributed by atoms with Crippen molar-refractivity contribution < 1.29 is 5.03 Å². The molecule has 0 rings (SSSR count). The van der Waals surface area contributed by atoms with Crippen LogP contribution in [-0.2, 0) is 0 Å². The van der Waals surface area contributed by atoms with Gasteiger partial charge in [-0.25, -0.2) is 10.1 Å². The maximum atomic E-state index is 9.60. The highest BCUT2D eigenvalue weighted by atomic mass is 16.7. The molecule has 0 radical (unpaired) electrons. The number of nitrogens with zero attached hydrogens (tertiary/aromatic N) is 1. The van der Waals surface area contributed by atoms with Crippen LogP contribution in [-0.4, -0.2) is 17.5 Å². The molecular weight excluding hydrogens is 124 g/mol. The molecule has 0 aromatic carbocycles. The van der Waals surface area contributed by atoms with E-state index in [1.165, 1.54) is 0 Å². The lowest BCUT2D eigenvalue weighted by Gasteiger charge is -1.98. The third-order valence-electron chi connectivity index (χ3n) is 0.557. The average molecular weight is 132 g/mol. The minimum atomic E-state index is -0.787. The number of hydrogen-bond donors (Lipinski definition) is 3. The highest BCUT2D eigenvalue weighted by molar-refractivity contribution is 5.74. The predicted octanol–water partition coefficient (Wildman–Crippen LogP) is -0.688. The van der Waals surface area contributed by atoms with Crippen molar-refractivity contribution in [2.45, 2.75) is 6.92 Å². The average Bonchev–Trinajstić information content (AvgIpc) is 1.63. The second kappa shape index (κ2) is 3.65. The predicted molar refractivity (Wildman–Crippen MR) is 31.5 cm³/mol. The molecule has 0 heterocycles. The van der Waals surface area contributed by atoms with Gasteiger partial charge in [0.2, 0.25) is 0 Å². The van der Waals surface area contributed by atoms with Crippen LogP contribution in [0.4, 0.5) is 0 Å². The maximum absolute atomic E-state index is 9.60. The first-order valence-electron chi connectivity index (χ1n) is 2.40. The molecule has 0 unspecified atom stereocenters. The quantitative estimate of drug-likeness (QED) is 0.201. The Morgan fingerprint density at radius 2 is 2.44 bits per heavy atom. The van der Waals surface area contributed by atoms with E-state index in [0.29, 0.717) is 6.54 Å². The molecule has 0 atom stereocenters. The van der Waals surface area contributed by atoms with E-state index < -0.39 is 5.03 Å². The first kappa shape index (κ1) is 7.67. The Kier molecular flexibility index (Phi) is 3.11. The van der Waals surface area contributed by atoms with Gasteiger partial charge in [-0.05, 0) is 6.92 Å². The Bertz CT molecular complexity index is 123. The molecule has 0 bridgehead atoms. The van der Waals surface area contributed by atoms with Crippen molar-refractivity contribution in [1.82, 2.24) is 10.7 Å². The molecule has 0 saturated carbocycles. The molecule has 3 N–H and O–H groups in total. The smallest absolute Gasteiger partial charge is 0.251 e. The Morgan fingerprint density at radius 1 is 1.89 bits per heavy atom. The number of guanidine groups is 1. The fourth-order valence-corrected chi connectivity index (χ4v) is 0.308. The van der Waals surface area contributed by atoms with Crippen molar-refractivity contribution in [3.05, 3.63) is 10.1 Å². The van der Waals surface area contributed by atoms with E-state index in [1.807, 2.05) is 0 Å². The Hall–Kier alpha value is -1.33. The molecular formula is C3H8N4O2. The van der Waals surface area contributed by atoms with E-state index in [0.717, 1.165) is 0 Å². The summed E-state index contributed by atoms with van der Waals surface area (Å²) in [6, 6.07) is 0. The minimum absolute atomic E-state index is 0.289. The maximum Gasteiger partial charge on any atom is 0.251 e. The first-order valence-corrected chi connectivity index (χ1v) is 2.40. The summed E-state index contributed by atoms with van der Waals surface area (Å²) in [6.45, 7) is 2.25. The minimum Gasteiger partial charge on any atom is -0.352 e. The molecule has 6 heteroatoms. The zero-order valence-electron chi connectivity index (χ0n) is 4.97. The number of hydrogen-bond acceptors (Lipinski definition) is 3. The van der Waals surface area contributed by atoms with E-state index in [2.05, 4.69) is 5.32 Å². The molecule has 6 nitrogen and oxygen atoms in total. The van der Waals surface area contributed by atoms with Gasteiger partial charge in [-0.15, -0.1) is 0 Å². The van der Waals surface area contributed by atoms with E-state index in [-0.39, 0.29) is 5.96 Å². The van der Waals surface area contributed by atoms with Crippen LogP contribution in [0.15, 0.2) is 0 Å². The number of rotatable bonds is 2. The highest BCUT2D eigenvalue weighted by Gasteiger charge is 1.97. The fourth-order valence-electron chi connectivity index (χ4n) is 0.308. The van der Waals surface area contributed by atoms with Crippen molar-refractivity contribution in [2.75, 3.05) is 6.54 Å². The third-order valence-corrected chi connectivity index (χ3v) is 0.557. The molecule has 0 aliphatic rings. The normalized spacial score (nSPS) is 8.11. The standard InChI is InChI=1S/C3H8N4O2/c1-2-5-3(4)6-7(8)9/h2H2,1H3,(H3,4,5,6). The van der Waals surface area contributed by atoms with Gasteiger partial charge < -0.3 is 5.32 Å². The van der Waals surface area contributed by atoms with Gasteiger partial charge in [0.15, 0.2) is 5.03 Å². The molecule has 9 heavy (non-hydrogen) atoms. The molecule has 0 fully saturated rings.